The molecule has 1 amide bonds. The molecule has 1 atom stereocenters. The summed E-state index contributed by atoms with van der Waals surface area (Å²) in [5.74, 6) is 0.189. The van der Waals surface area contributed by atoms with Crippen molar-refractivity contribution >= 4 is 15.9 Å². The highest BCUT2D eigenvalue weighted by Crippen LogP contribution is 2.13. The van der Waals surface area contributed by atoms with Crippen LogP contribution < -0.4 is 10.6 Å². The Kier molecular flexibility index (Phi) is 5.55. The molecule has 106 valence electrons. The molecule has 18 heavy (non-hydrogen) atoms. The predicted molar refractivity (Wildman–Crippen MR) is 70.7 cm³/mol. The zero-order valence-electron chi connectivity index (χ0n) is 11.3. The van der Waals surface area contributed by atoms with E-state index in [0.29, 0.717) is 32.0 Å². The summed E-state index contributed by atoms with van der Waals surface area (Å²) in [6.45, 7) is 5.31. The third-order valence-corrected chi connectivity index (χ3v) is 4.96. The molecule has 0 spiro atoms. The second-order valence-corrected chi connectivity index (χ2v) is 6.98. The molecule has 1 rings (SSSR count). The van der Waals surface area contributed by atoms with Crippen molar-refractivity contribution < 1.29 is 13.2 Å². The highest BCUT2D eigenvalue weighted by atomic mass is 32.2. The van der Waals surface area contributed by atoms with E-state index in [9.17, 15) is 13.2 Å². The van der Waals surface area contributed by atoms with Gasteiger partial charge in [-0.2, -0.15) is 4.31 Å². The van der Waals surface area contributed by atoms with Crippen molar-refractivity contribution in [3.8, 4) is 0 Å². The fourth-order valence-electron chi connectivity index (χ4n) is 1.91. The van der Waals surface area contributed by atoms with Gasteiger partial charge in [0.25, 0.3) is 0 Å². The van der Waals surface area contributed by atoms with E-state index in [2.05, 4.69) is 10.6 Å². The van der Waals surface area contributed by atoms with E-state index in [0.717, 1.165) is 0 Å². The Hall–Kier alpha value is -0.660. The number of piperazine rings is 1. The number of rotatable bonds is 5. The maximum absolute atomic E-state index is 12.2. The lowest BCUT2D eigenvalue weighted by molar-refractivity contribution is -0.124. The summed E-state index contributed by atoms with van der Waals surface area (Å²) >= 11 is 0. The summed E-state index contributed by atoms with van der Waals surface area (Å²) in [4.78, 5) is 11.7. The molecular formula is C11H23N3O3S. The van der Waals surface area contributed by atoms with Crippen LogP contribution in [0.4, 0.5) is 0 Å². The average Bonchev–Trinajstić information content (AvgIpc) is 2.35. The zero-order valence-corrected chi connectivity index (χ0v) is 12.1. The van der Waals surface area contributed by atoms with Crippen molar-refractivity contribution in [2.24, 2.45) is 5.92 Å². The molecular weight excluding hydrogens is 254 g/mol. The van der Waals surface area contributed by atoms with Crippen LogP contribution in [0.3, 0.4) is 0 Å². The Labute approximate surface area is 109 Å². The molecule has 1 aliphatic rings. The summed E-state index contributed by atoms with van der Waals surface area (Å²) < 4.78 is 25.8. The lowest BCUT2D eigenvalue weighted by atomic mass is 10.2. The number of likely N-dealkylation sites (N-methyl/N-ethyl adjacent to an activating group) is 1. The maximum Gasteiger partial charge on any atom is 0.239 e. The average molecular weight is 277 g/mol. The zero-order chi connectivity index (χ0) is 13.8. The highest BCUT2D eigenvalue weighted by Gasteiger charge is 2.35. The molecule has 0 aromatic heterocycles. The van der Waals surface area contributed by atoms with E-state index in [1.165, 1.54) is 11.4 Å². The van der Waals surface area contributed by atoms with Crippen LogP contribution in [0.1, 0.15) is 20.3 Å². The van der Waals surface area contributed by atoms with Gasteiger partial charge < -0.3 is 10.6 Å². The van der Waals surface area contributed by atoms with E-state index in [1.807, 2.05) is 13.8 Å². The third-order valence-electron chi connectivity index (χ3n) is 3.05. The van der Waals surface area contributed by atoms with Crippen LogP contribution >= 0.6 is 0 Å². The molecule has 1 fully saturated rings. The molecule has 6 nitrogen and oxygen atoms in total. The van der Waals surface area contributed by atoms with Crippen LogP contribution in [0, 0.1) is 5.92 Å². The first kappa shape index (κ1) is 15.4. The molecule has 0 radical (unpaired) electrons. The largest absolute Gasteiger partial charge is 0.358 e. The van der Waals surface area contributed by atoms with E-state index in [4.69, 9.17) is 0 Å². The van der Waals surface area contributed by atoms with Gasteiger partial charge in [-0.05, 0) is 12.3 Å². The molecule has 2 N–H and O–H groups in total. The summed E-state index contributed by atoms with van der Waals surface area (Å²) in [5.41, 5.74) is 0. The second-order valence-electron chi connectivity index (χ2n) is 4.94. The number of carbonyl (C=O) groups is 1. The van der Waals surface area contributed by atoms with Crippen molar-refractivity contribution in [2.75, 3.05) is 32.4 Å². The van der Waals surface area contributed by atoms with Crippen LogP contribution in [0.25, 0.3) is 0 Å². The molecule has 0 aliphatic carbocycles. The molecule has 0 bridgehead atoms. The Morgan fingerprint density at radius 1 is 1.50 bits per heavy atom. The molecule has 0 aromatic rings. The van der Waals surface area contributed by atoms with Crippen molar-refractivity contribution in [1.82, 2.24) is 14.9 Å². The Morgan fingerprint density at radius 2 is 2.17 bits per heavy atom. The normalized spacial score (nSPS) is 22.1. The molecule has 1 saturated heterocycles. The number of sulfonamides is 1. The lowest BCUT2D eigenvalue weighted by Crippen LogP contribution is -2.59. The number of amides is 1. The first-order chi connectivity index (χ1) is 8.38. The van der Waals surface area contributed by atoms with Gasteiger partial charge in [0.1, 0.15) is 6.04 Å². The van der Waals surface area contributed by atoms with Gasteiger partial charge in [0.2, 0.25) is 15.9 Å². The van der Waals surface area contributed by atoms with E-state index in [-0.39, 0.29) is 11.7 Å². The van der Waals surface area contributed by atoms with Gasteiger partial charge in [-0.3, -0.25) is 4.79 Å². The molecule has 1 heterocycles. The molecule has 0 aromatic carbocycles. The van der Waals surface area contributed by atoms with E-state index < -0.39 is 16.1 Å². The predicted octanol–water partition coefficient (Wildman–Crippen LogP) is -0.618. The van der Waals surface area contributed by atoms with Crippen molar-refractivity contribution in [3.05, 3.63) is 0 Å². The monoisotopic (exact) mass is 277 g/mol. The fraction of sp³-hybridized carbons (Fsp3) is 0.909. The van der Waals surface area contributed by atoms with E-state index in [1.54, 1.807) is 0 Å². The first-order valence-electron chi connectivity index (χ1n) is 6.30. The Balaban J connectivity index is 2.79. The van der Waals surface area contributed by atoms with Gasteiger partial charge in [0.05, 0.1) is 5.75 Å². The molecule has 1 unspecified atom stereocenters. The highest BCUT2D eigenvalue weighted by molar-refractivity contribution is 7.89. The van der Waals surface area contributed by atoms with Crippen LogP contribution in [0.15, 0.2) is 0 Å². The van der Waals surface area contributed by atoms with Gasteiger partial charge in [0.15, 0.2) is 0 Å². The number of hydrogen-bond donors (Lipinski definition) is 2. The van der Waals surface area contributed by atoms with Gasteiger partial charge in [0, 0.05) is 26.7 Å². The minimum atomic E-state index is -3.35. The summed E-state index contributed by atoms with van der Waals surface area (Å²) in [7, 11) is -1.83. The van der Waals surface area contributed by atoms with Gasteiger partial charge in [-0.25, -0.2) is 8.42 Å². The van der Waals surface area contributed by atoms with Gasteiger partial charge >= 0.3 is 0 Å². The van der Waals surface area contributed by atoms with Crippen molar-refractivity contribution in [1.29, 1.82) is 0 Å². The van der Waals surface area contributed by atoms with E-state index >= 15 is 0 Å². The van der Waals surface area contributed by atoms with Crippen LogP contribution in [-0.4, -0.2) is 57.1 Å². The fourth-order valence-corrected chi connectivity index (χ4v) is 3.84. The maximum atomic E-state index is 12.2. The molecule has 0 saturated carbocycles. The number of hydrogen-bond acceptors (Lipinski definition) is 4. The molecule has 7 heteroatoms. The second kappa shape index (κ2) is 6.49. The number of carbonyl (C=O) groups excluding carboxylic acids is 1. The van der Waals surface area contributed by atoms with Crippen molar-refractivity contribution in [3.63, 3.8) is 0 Å². The lowest BCUT2D eigenvalue weighted by Gasteiger charge is -2.34. The van der Waals surface area contributed by atoms with Crippen LogP contribution in [0.2, 0.25) is 0 Å². The smallest absolute Gasteiger partial charge is 0.239 e. The number of nitrogens with zero attached hydrogens (tertiary/aromatic N) is 1. The SMILES string of the molecule is CNC(=O)C1CNCCN1S(=O)(=O)CCC(C)C. The van der Waals surface area contributed by atoms with Crippen LogP contribution in [-0.2, 0) is 14.8 Å². The standard InChI is InChI=1S/C11H23N3O3S/c1-9(2)4-7-18(16,17)14-6-5-13-8-10(14)11(15)12-3/h9-10,13H,4-8H2,1-3H3,(H,12,15). The Morgan fingerprint density at radius 3 is 2.72 bits per heavy atom. The van der Waals surface area contributed by atoms with Crippen LogP contribution in [0.5, 0.6) is 0 Å². The van der Waals surface area contributed by atoms with Gasteiger partial charge in [-0.1, -0.05) is 13.8 Å². The summed E-state index contributed by atoms with van der Waals surface area (Å²) in [5, 5.41) is 5.57. The van der Waals surface area contributed by atoms with Crippen molar-refractivity contribution in [2.45, 2.75) is 26.3 Å². The van der Waals surface area contributed by atoms with Gasteiger partial charge in [-0.15, -0.1) is 0 Å². The number of nitrogens with one attached hydrogen (secondary N) is 2. The topological polar surface area (TPSA) is 78.5 Å². The summed E-state index contributed by atoms with van der Waals surface area (Å²) in [6, 6.07) is -0.624. The first-order valence-corrected chi connectivity index (χ1v) is 7.91. The third kappa shape index (κ3) is 3.93. The minimum absolute atomic E-state index is 0.109. The quantitative estimate of drug-likeness (QED) is 0.702. The summed E-state index contributed by atoms with van der Waals surface area (Å²) in [6.07, 6.45) is 0.618. The minimum Gasteiger partial charge on any atom is -0.358 e. The molecule has 1 aliphatic heterocycles. The Bertz CT molecular complexity index is 381.